The third-order valence-corrected chi connectivity index (χ3v) is 5.73. The number of amidine groups is 1. The normalized spacial score (nSPS) is 17.5. The minimum absolute atomic E-state index is 0.295. The average molecular weight is 456 g/mol. The van der Waals surface area contributed by atoms with E-state index in [1.54, 1.807) is 9.36 Å². The number of hydrogen-bond acceptors (Lipinski definition) is 9. The Kier molecular flexibility index (Phi) is 7.42. The van der Waals surface area contributed by atoms with Crippen LogP contribution >= 0.6 is 0 Å². The number of rotatable bonds is 8. The lowest BCUT2D eigenvalue weighted by atomic mass is 10.1. The summed E-state index contributed by atoms with van der Waals surface area (Å²) in [4.78, 5) is 12.0. The second kappa shape index (κ2) is 10.1. The maximum absolute atomic E-state index is 6.49. The highest BCUT2D eigenvalue weighted by Gasteiger charge is 2.27. The molecule has 3 rings (SSSR count). The fourth-order valence-corrected chi connectivity index (χ4v) is 3.98. The summed E-state index contributed by atoms with van der Waals surface area (Å²) in [6.07, 6.45) is 2.56. The Hall–Kier alpha value is -3.34. The van der Waals surface area contributed by atoms with Gasteiger partial charge in [0.2, 0.25) is 0 Å². The second-order valence-corrected chi connectivity index (χ2v) is 8.04. The highest BCUT2D eigenvalue weighted by Crippen LogP contribution is 2.29. The fourth-order valence-electron chi connectivity index (χ4n) is 3.98. The predicted octanol–water partition coefficient (Wildman–Crippen LogP) is 2.40. The number of likely N-dealkylation sites (N-methyl/N-ethyl adjacent to an activating group) is 1. The number of nitrogens with zero attached hydrogens (tertiary/aromatic N) is 7. The van der Waals surface area contributed by atoms with Crippen LogP contribution in [0.4, 0.5) is 23.0 Å². The summed E-state index contributed by atoms with van der Waals surface area (Å²) in [7, 11) is 0. The zero-order valence-electron chi connectivity index (χ0n) is 20.6. The summed E-state index contributed by atoms with van der Waals surface area (Å²) in [5.41, 5.74) is 23.2. The van der Waals surface area contributed by atoms with E-state index < -0.39 is 0 Å². The number of hydrogen-bond donors (Lipinski definition) is 4. The van der Waals surface area contributed by atoms with Crippen LogP contribution in [0.25, 0.3) is 0 Å². The van der Waals surface area contributed by atoms with Crippen molar-refractivity contribution >= 4 is 34.6 Å². The molecule has 0 spiro atoms. The van der Waals surface area contributed by atoms with Crippen molar-refractivity contribution in [3.8, 4) is 0 Å². The number of dihydropyridines is 1. The molecule has 0 amide bonds. The molecule has 11 heteroatoms. The van der Waals surface area contributed by atoms with Gasteiger partial charge in [-0.05, 0) is 46.7 Å². The Bertz CT molecular complexity index is 1090. The average Bonchev–Trinajstić information content (AvgIpc) is 3.23. The third-order valence-electron chi connectivity index (χ3n) is 5.73. The predicted molar refractivity (Wildman–Crippen MR) is 136 cm³/mol. The number of aryl methyl sites for hydroxylation is 4. The Labute approximate surface area is 195 Å². The topological polar surface area (TPSA) is 154 Å². The molecule has 11 nitrogen and oxygen atoms in total. The van der Waals surface area contributed by atoms with Gasteiger partial charge < -0.3 is 22.5 Å². The Morgan fingerprint density at radius 3 is 2.18 bits per heavy atom. The molecule has 0 aliphatic carbocycles. The molecule has 0 radical (unpaired) electrons. The van der Waals surface area contributed by atoms with Crippen LogP contribution in [0.15, 0.2) is 21.8 Å². The second-order valence-electron chi connectivity index (χ2n) is 8.04. The maximum Gasteiger partial charge on any atom is 0.153 e. The smallest absolute Gasteiger partial charge is 0.153 e. The molecule has 2 aromatic rings. The van der Waals surface area contributed by atoms with Crippen LogP contribution in [-0.2, 0) is 13.1 Å². The van der Waals surface area contributed by atoms with Crippen LogP contribution in [0.1, 0.15) is 45.5 Å². The van der Waals surface area contributed by atoms with Gasteiger partial charge in [-0.3, -0.25) is 4.90 Å². The first kappa shape index (κ1) is 24.3. The van der Waals surface area contributed by atoms with Crippen LogP contribution < -0.4 is 22.5 Å². The van der Waals surface area contributed by atoms with Gasteiger partial charge in [0, 0.05) is 19.6 Å². The summed E-state index contributed by atoms with van der Waals surface area (Å²) in [6.45, 7) is 15.1. The molecule has 3 heterocycles. The van der Waals surface area contributed by atoms with Gasteiger partial charge >= 0.3 is 0 Å². The minimum atomic E-state index is -0.295. The van der Waals surface area contributed by atoms with Gasteiger partial charge in [-0.15, -0.1) is 0 Å². The molecular formula is C22H37N11. The molecule has 0 bridgehead atoms. The highest BCUT2D eigenvalue weighted by atomic mass is 15.3. The molecular weight excluding hydrogens is 418 g/mol. The summed E-state index contributed by atoms with van der Waals surface area (Å²) >= 11 is 0. The number of nitrogen functional groups attached to an aromatic ring is 2. The summed E-state index contributed by atoms with van der Waals surface area (Å²) < 4.78 is 3.48. The van der Waals surface area contributed by atoms with E-state index in [2.05, 4.69) is 34.3 Å². The molecule has 1 aliphatic heterocycles. The Morgan fingerprint density at radius 2 is 1.64 bits per heavy atom. The fraction of sp³-hybridized carbons (Fsp3) is 0.545. The number of nitrogens with one attached hydrogen (secondary N) is 1. The van der Waals surface area contributed by atoms with Gasteiger partial charge in [0.1, 0.15) is 34.9 Å². The molecule has 0 aromatic carbocycles. The van der Waals surface area contributed by atoms with Gasteiger partial charge in [0.25, 0.3) is 0 Å². The third kappa shape index (κ3) is 4.72. The van der Waals surface area contributed by atoms with E-state index in [-0.39, 0.29) is 6.17 Å². The number of aliphatic imine (C=N–C) groups is 2. The monoisotopic (exact) mass is 455 g/mol. The first-order valence-electron chi connectivity index (χ1n) is 11.6. The SMILES string of the molecule is CCCN(CC)C1N=C(Nc2c(C)nn(CC)c2N)C(=Nc2c(C)nn(CC)c2N)C=C1N. The van der Waals surface area contributed by atoms with E-state index >= 15 is 0 Å². The van der Waals surface area contributed by atoms with Crippen molar-refractivity contribution in [1.82, 2.24) is 24.5 Å². The van der Waals surface area contributed by atoms with E-state index in [0.717, 1.165) is 30.9 Å². The lowest BCUT2D eigenvalue weighted by Gasteiger charge is -2.31. The molecule has 0 saturated heterocycles. The molecule has 180 valence electrons. The molecule has 0 fully saturated rings. The van der Waals surface area contributed by atoms with Crippen molar-refractivity contribution in [3.63, 3.8) is 0 Å². The van der Waals surface area contributed by atoms with Gasteiger partial charge in [-0.1, -0.05) is 13.8 Å². The summed E-state index contributed by atoms with van der Waals surface area (Å²) in [5.74, 6) is 1.62. The van der Waals surface area contributed by atoms with E-state index in [4.69, 9.17) is 27.2 Å². The van der Waals surface area contributed by atoms with Crippen molar-refractivity contribution in [1.29, 1.82) is 0 Å². The van der Waals surface area contributed by atoms with Crippen LogP contribution in [-0.4, -0.2) is 55.3 Å². The van der Waals surface area contributed by atoms with Gasteiger partial charge in [-0.25, -0.2) is 19.3 Å². The van der Waals surface area contributed by atoms with Crippen LogP contribution in [0.2, 0.25) is 0 Å². The number of nitrogens with two attached hydrogens (primary N) is 3. The van der Waals surface area contributed by atoms with E-state index in [0.29, 0.717) is 53.3 Å². The van der Waals surface area contributed by atoms with E-state index in [9.17, 15) is 0 Å². The first-order chi connectivity index (χ1) is 15.7. The number of aromatic nitrogens is 4. The molecule has 33 heavy (non-hydrogen) atoms. The van der Waals surface area contributed by atoms with Gasteiger partial charge in [-0.2, -0.15) is 10.2 Å². The standard InChI is InChI=1S/C22H37N11/c1-7-11-31(8-2)22-15(23)12-16(26-17-13(5)29-32(9-3)19(17)24)21(28-22)27-18-14(6)30-33(10-4)20(18)25/h12,22H,7-11,23-25H2,1-6H3,(H,27,28). The summed E-state index contributed by atoms with van der Waals surface area (Å²) in [5, 5.41) is 12.4. The van der Waals surface area contributed by atoms with Crippen molar-refractivity contribution in [3.05, 3.63) is 23.2 Å². The lowest BCUT2D eigenvalue weighted by molar-refractivity contribution is 0.237. The number of anilines is 3. The lowest BCUT2D eigenvalue weighted by Crippen LogP contribution is -2.43. The molecule has 7 N–H and O–H groups in total. The molecule has 1 aliphatic rings. The molecule has 2 aromatic heterocycles. The van der Waals surface area contributed by atoms with Gasteiger partial charge in [0.05, 0.1) is 17.1 Å². The van der Waals surface area contributed by atoms with Crippen LogP contribution in [0, 0.1) is 13.8 Å². The van der Waals surface area contributed by atoms with Crippen LogP contribution in [0.3, 0.4) is 0 Å². The molecule has 1 atom stereocenters. The summed E-state index contributed by atoms with van der Waals surface area (Å²) in [6, 6.07) is 0. The van der Waals surface area contributed by atoms with Crippen molar-refractivity contribution in [2.24, 2.45) is 15.7 Å². The quantitative estimate of drug-likeness (QED) is 0.476. The Morgan fingerprint density at radius 1 is 1.00 bits per heavy atom. The zero-order chi connectivity index (χ0) is 24.3. The minimum Gasteiger partial charge on any atom is -0.399 e. The largest absolute Gasteiger partial charge is 0.399 e. The molecule has 0 saturated carbocycles. The van der Waals surface area contributed by atoms with Gasteiger partial charge in [0.15, 0.2) is 5.84 Å². The zero-order valence-corrected chi connectivity index (χ0v) is 20.6. The van der Waals surface area contributed by atoms with Crippen molar-refractivity contribution in [2.75, 3.05) is 29.9 Å². The maximum atomic E-state index is 6.49. The van der Waals surface area contributed by atoms with Crippen molar-refractivity contribution < 1.29 is 0 Å². The van der Waals surface area contributed by atoms with E-state index in [1.807, 2.05) is 33.8 Å². The van der Waals surface area contributed by atoms with E-state index in [1.165, 1.54) is 0 Å². The first-order valence-corrected chi connectivity index (χ1v) is 11.6. The molecule has 1 unspecified atom stereocenters. The van der Waals surface area contributed by atoms with Crippen molar-refractivity contribution in [2.45, 2.75) is 67.2 Å². The Balaban J connectivity index is 2.11. The highest BCUT2D eigenvalue weighted by molar-refractivity contribution is 6.50. The van der Waals surface area contributed by atoms with Crippen LogP contribution in [0.5, 0.6) is 0 Å².